The van der Waals surface area contributed by atoms with Crippen LogP contribution in [0, 0.1) is 0 Å². The fraction of sp³-hybridized carbons (Fsp3) is 0. The molecule has 1 rings (SSSR count). The quantitative estimate of drug-likeness (QED) is 0.705. The number of rotatable bonds is 2. The third-order valence-electron chi connectivity index (χ3n) is 0.984. The Labute approximate surface area is 83.5 Å². The summed E-state index contributed by atoms with van der Waals surface area (Å²) in [6.07, 6.45) is 0. The van der Waals surface area contributed by atoms with Crippen LogP contribution < -0.4 is 0 Å². The predicted molar refractivity (Wildman–Crippen MR) is 50.1 cm³/mol. The molecular weight excluding hydrogens is 377 g/mol. The van der Waals surface area contributed by atoms with Gasteiger partial charge in [0, 0.05) is 0 Å². The zero-order valence-electron chi connectivity index (χ0n) is 5.48. The summed E-state index contributed by atoms with van der Waals surface area (Å²) >= 11 is -0.248. The first-order valence-electron chi connectivity index (χ1n) is 2.82. The van der Waals surface area contributed by atoms with Crippen LogP contribution in [0.3, 0.4) is 0 Å². The molecule has 0 aliphatic rings. The Morgan fingerprint density at radius 2 is 1.82 bits per heavy atom. The van der Waals surface area contributed by atoms with E-state index in [-0.39, 0.29) is 0 Å². The molecule has 0 spiro atoms. The van der Waals surface area contributed by atoms with Crippen LogP contribution in [0.4, 0.5) is 0 Å². The molecule has 62 valence electrons. The van der Waals surface area contributed by atoms with Crippen LogP contribution >= 0.6 is 31.0 Å². The van der Waals surface area contributed by atoms with Gasteiger partial charge in [0.05, 0.1) is 0 Å². The van der Waals surface area contributed by atoms with Gasteiger partial charge in [-0.1, -0.05) is 0 Å². The van der Waals surface area contributed by atoms with E-state index in [0.29, 0.717) is 0 Å². The number of benzene rings is 1. The molecule has 0 aliphatic carbocycles. The maximum absolute atomic E-state index is 5.69. The van der Waals surface area contributed by atoms with Crippen molar-refractivity contribution in [3.05, 3.63) is 30.3 Å². The van der Waals surface area contributed by atoms with Gasteiger partial charge in [-0.05, 0) is 0 Å². The van der Waals surface area contributed by atoms with E-state index in [1.165, 1.54) is 4.90 Å². The monoisotopic (exact) mass is 384 g/mol. The van der Waals surface area contributed by atoms with Crippen LogP contribution in [-0.2, 0) is 13.8 Å². The molecule has 4 heteroatoms. The van der Waals surface area contributed by atoms with Crippen LogP contribution in [0.15, 0.2) is 35.2 Å². The molecule has 0 amide bonds. The van der Waals surface area contributed by atoms with Crippen molar-refractivity contribution in [2.75, 3.05) is 0 Å². The second-order valence-corrected chi connectivity index (χ2v) is 11.7. The van der Waals surface area contributed by atoms with Crippen molar-refractivity contribution in [2.45, 2.75) is 4.90 Å². The zero-order valence-corrected chi connectivity index (χ0v) is 10.4. The number of thioether (sulfide) groups is 1. The summed E-state index contributed by atoms with van der Waals surface area (Å²) in [4.78, 5) is 1.20. The van der Waals surface area contributed by atoms with Crippen molar-refractivity contribution in [1.29, 1.82) is 0 Å². The SMILES string of the molecule is [Cl][Os]([Cl])=[CH]Sc1ccccc1. The molecule has 0 bridgehead atoms. The first-order chi connectivity index (χ1) is 5.29. The van der Waals surface area contributed by atoms with Crippen molar-refractivity contribution in [2.24, 2.45) is 0 Å². The molecule has 0 aliphatic heterocycles. The van der Waals surface area contributed by atoms with Gasteiger partial charge in [0.2, 0.25) is 0 Å². The van der Waals surface area contributed by atoms with E-state index >= 15 is 0 Å². The van der Waals surface area contributed by atoms with Crippen molar-refractivity contribution >= 4 is 34.9 Å². The van der Waals surface area contributed by atoms with Gasteiger partial charge in [0.25, 0.3) is 0 Å². The van der Waals surface area contributed by atoms with Gasteiger partial charge in [0.15, 0.2) is 0 Å². The van der Waals surface area contributed by atoms with Crippen LogP contribution in [0.25, 0.3) is 0 Å². The van der Waals surface area contributed by atoms with Gasteiger partial charge >= 0.3 is 83.9 Å². The number of hydrogen-bond donors (Lipinski definition) is 0. The van der Waals surface area contributed by atoms with E-state index in [9.17, 15) is 0 Å². The number of hydrogen-bond acceptors (Lipinski definition) is 1. The predicted octanol–water partition coefficient (Wildman–Crippen LogP) is 3.46. The summed E-state index contributed by atoms with van der Waals surface area (Å²) < 4.78 is 1.95. The average Bonchev–Trinajstić information content (AvgIpc) is 2.03. The Morgan fingerprint density at radius 1 is 1.18 bits per heavy atom. The molecule has 11 heavy (non-hydrogen) atoms. The number of halogens is 2. The molecule has 0 saturated heterocycles. The Morgan fingerprint density at radius 3 is 2.36 bits per heavy atom. The molecule has 0 fully saturated rings. The van der Waals surface area contributed by atoms with Crippen molar-refractivity contribution in [1.82, 2.24) is 0 Å². The second-order valence-electron chi connectivity index (χ2n) is 1.72. The Kier molecular flexibility index (Phi) is 4.72. The topological polar surface area (TPSA) is 0 Å². The Balaban J connectivity index is 2.59. The normalized spacial score (nSPS) is 10.9. The molecule has 0 nitrogen and oxygen atoms in total. The fourth-order valence-electron chi connectivity index (χ4n) is 0.579. The Bertz CT molecular complexity index is 244. The fourth-order valence-corrected chi connectivity index (χ4v) is 4.32. The average molecular weight is 383 g/mol. The Hall–Kier alpha value is 0.656. The van der Waals surface area contributed by atoms with E-state index in [2.05, 4.69) is 0 Å². The first-order valence-corrected chi connectivity index (χ1v) is 11.5. The molecule has 0 atom stereocenters. The van der Waals surface area contributed by atoms with Crippen molar-refractivity contribution in [3.63, 3.8) is 0 Å². The zero-order chi connectivity index (χ0) is 8.10. The summed E-state index contributed by atoms with van der Waals surface area (Å²) in [6.45, 7) is 0. The summed E-state index contributed by atoms with van der Waals surface area (Å²) in [5.74, 6) is 0. The van der Waals surface area contributed by atoms with E-state index in [1.807, 2.05) is 34.2 Å². The summed E-state index contributed by atoms with van der Waals surface area (Å²) in [5.41, 5.74) is 0. The van der Waals surface area contributed by atoms with Crippen LogP contribution in [-0.4, -0.2) is 3.90 Å². The molecule has 0 aromatic heterocycles. The van der Waals surface area contributed by atoms with Gasteiger partial charge in [0.1, 0.15) is 0 Å². The molecule has 0 heterocycles. The third kappa shape index (κ3) is 4.28. The molecule has 0 N–H and O–H groups in total. The minimum absolute atomic E-state index is 1.20. The molecule has 1 aromatic rings. The van der Waals surface area contributed by atoms with Gasteiger partial charge in [-0.2, -0.15) is 0 Å². The van der Waals surface area contributed by atoms with E-state index in [0.717, 1.165) is 0 Å². The second kappa shape index (κ2) is 5.33. The van der Waals surface area contributed by atoms with Crippen LogP contribution in [0.2, 0.25) is 0 Å². The molecule has 1 aromatic carbocycles. The van der Waals surface area contributed by atoms with E-state index in [4.69, 9.17) is 19.3 Å². The van der Waals surface area contributed by atoms with Crippen molar-refractivity contribution < 1.29 is 13.8 Å². The molecule has 0 radical (unpaired) electrons. The van der Waals surface area contributed by atoms with Gasteiger partial charge in [-0.3, -0.25) is 0 Å². The van der Waals surface area contributed by atoms with Crippen LogP contribution in [0.1, 0.15) is 0 Å². The third-order valence-corrected chi connectivity index (χ3v) is 7.09. The standard InChI is InChI=1S/C7H6S.2ClH.Os/c1-8-7-5-3-2-4-6-7;;;/h1-6H;2*1H;/q;;;+2/p-2. The first kappa shape index (κ1) is 9.74. The summed E-state index contributed by atoms with van der Waals surface area (Å²) in [6, 6.07) is 10.1. The van der Waals surface area contributed by atoms with Crippen LogP contribution in [0.5, 0.6) is 0 Å². The molecule has 0 unspecified atom stereocenters. The maximum atomic E-state index is 5.69. The molecule has 0 saturated carbocycles. The van der Waals surface area contributed by atoms with Crippen molar-refractivity contribution in [3.8, 4) is 0 Å². The summed E-state index contributed by atoms with van der Waals surface area (Å²) in [5, 5.41) is 0. The summed E-state index contributed by atoms with van der Waals surface area (Å²) in [7, 11) is 11.4. The van der Waals surface area contributed by atoms with E-state index in [1.54, 1.807) is 11.8 Å². The van der Waals surface area contributed by atoms with Gasteiger partial charge < -0.3 is 0 Å². The van der Waals surface area contributed by atoms with E-state index < -0.39 is 13.8 Å². The molecular formula is C7H6Cl2OsS. The minimum atomic E-state index is -1.87. The van der Waals surface area contributed by atoms with Gasteiger partial charge in [-0.15, -0.1) is 0 Å². The van der Waals surface area contributed by atoms with Gasteiger partial charge in [-0.25, -0.2) is 0 Å².